The van der Waals surface area contributed by atoms with Gasteiger partial charge in [0.15, 0.2) is 6.04 Å². The second-order valence-corrected chi connectivity index (χ2v) is 6.62. The lowest BCUT2D eigenvalue weighted by molar-refractivity contribution is -0.914. The summed E-state index contributed by atoms with van der Waals surface area (Å²) in [5.41, 5.74) is 0.644. The molecule has 3 rings (SSSR count). The Morgan fingerprint density at radius 2 is 1.74 bits per heavy atom. The predicted molar refractivity (Wildman–Crippen MR) is 100 cm³/mol. The highest BCUT2D eigenvalue weighted by molar-refractivity contribution is 5.93. The van der Waals surface area contributed by atoms with Crippen molar-refractivity contribution < 1.29 is 23.2 Å². The molecule has 1 fully saturated rings. The maximum Gasteiger partial charge on any atom is 0.282 e. The van der Waals surface area contributed by atoms with E-state index < -0.39 is 17.7 Å². The van der Waals surface area contributed by atoms with Crippen LogP contribution in [0.2, 0.25) is 0 Å². The molecule has 144 valence electrons. The maximum atomic E-state index is 13.7. The minimum Gasteiger partial charge on any atom is -0.495 e. The van der Waals surface area contributed by atoms with E-state index in [1.807, 2.05) is 24.3 Å². The fraction of sp³-hybridized carbons (Fsp3) is 0.350. The summed E-state index contributed by atoms with van der Waals surface area (Å²) in [5, 5.41) is 2.39. The van der Waals surface area contributed by atoms with Gasteiger partial charge in [-0.2, -0.15) is 0 Å². The molecule has 0 aromatic heterocycles. The normalized spacial score (nSPS) is 16.1. The molecule has 1 aliphatic heterocycles. The molecule has 2 aromatic rings. The second kappa shape index (κ2) is 8.35. The molecule has 1 aliphatic rings. The molecule has 27 heavy (non-hydrogen) atoms. The summed E-state index contributed by atoms with van der Waals surface area (Å²) in [5.74, 6) is -1.11. The number of methoxy groups -OCH3 is 1. The lowest BCUT2D eigenvalue weighted by atomic mass is 10.2. The average molecular weight is 376 g/mol. The Morgan fingerprint density at radius 3 is 2.37 bits per heavy atom. The first-order valence-electron chi connectivity index (χ1n) is 8.98. The second-order valence-electron chi connectivity index (χ2n) is 6.62. The molecule has 2 aromatic carbocycles. The first-order chi connectivity index (χ1) is 13.0. The fourth-order valence-electron chi connectivity index (χ4n) is 3.39. The number of nitrogens with one attached hydrogen (secondary N) is 2. The zero-order valence-electron chi connectivity index (χ0n) is 15.5. The first kappa shape index (κ1) is 19.1. The molecule has 0 aliphatic carbocycles. The van der Waals surface area contributed by atoms with Crippen LogP contribution < -0.4 is 19.9 Å². The highest BCUT2D eigenvalue weighted by Gasteiger charge is 2.30. The maximum absolute atomic E-state index is 13.7. The van der Waals surface area contributed by atoms with Crippen LogP contribution in [0.4, 0.5) is 20.2 Å². The number of ether oxygens (including phenoxy) is 1. The van der Waals surface area contributed by atoms with E-state index in [4.69, 9.17) is 4.74 Å². The third-order valence-electron chi connectivity index (χ3n) is 5.05. The summed E-state index contributed by atoms with van der Waals surface area (Å²) in [6, 6.07) is 10.9. The Hall–Kier alpha value is -2.67. The zero-order chi connectivity index (χ0) is 19.4. The van der Waals surface area contributed by atoms with E-state index in [-0.39, 0.29) is 11.6 Å². The SMILES string of the molecule is COc1ccccc1N1CC[NH+]([C@H](C)C(=O)Nc2c(F)cccc2F)CC1. The Labute approximate surface area is 157 Å². The quantitative estimate of drug-likeness (QED) is 0.835. The largest absolute Gasteiger partial charge is 0.495 e. The van der Waals surface area contributed by atoms with Gasteiger partial charge in [0.1, 0.15) is 23.1 Å². The number of piperazine rings is 1. The Bertz CT molecular complexity index is 787. The smallest absolute Gasteiger partial charge is 0.282 e. The van der Waals surface area contributed by atoms with Crippen molar-refractivity contribution in [2.75, 3.05) is 43.5 Å². The van der Waals surface area contributed by atoms with Gasteiger partial charge in [-0.3, -0.25) is 4.79 Å². The Kier molecular flexibility index (Phi) is 5.91. The molecule has 5 nitrogen and oxygen atoms in total. The number of benzene rings is 2. The molecule has 1 saturated heterocycles. The lowest BCUT2D eigenvalue weighted by Crippen LogP contribution is -3.19. The van der Waals surface area contributed by atoms with E-state index in [9.17, 15) is 13.6 Å². The number of hydrogen-bond acceptors (Lipinski definition) is 3. The number of hydrogen-bond donors (Lipinski definition) is 2. The van der Waals surface area contributed by atoms with E-state index in [1.165, 1.54) is 6.07 Å². The summed E-state index contributed by atoms with van der Waals surface area (Å²) < 4.78 is 32.9. The van der Waals surface area contributed by atoms with Gasteiger partial charge in [0.05, 0.1) is 39.0 Å². The molecule has 0 radical (unpaired) electrons. The van der Waals surface area contributed by atoms with Crippen LogP contribution in [0.15, 0.2) is 42.5 Å². The third-order valence-corrected chi connectivity index (χ3v) is 5.05. The Balaban J connectivity index is 1.61. The van der Waals surface area contributed by atoms with Gasteiger partial charge in [-0.05, 0) is 31.2 Å². The lowest BCUT2D eigenvalue weighted by Gasteiger charge is -2.36. The summed E-state index contributed by atoms with van der Waals surface area (Å²) in [6.45, 7) is 4.80. The number of rotatable bonds is 5. The topological polar surface area (TPSA) is 46.0 Å². The van der Waals surface area contributed by atoms with Gasteiger partial charge in [0.2, 0.25) is 0 Å². The summed E-state index contributed by atoms with van der Waals surface area (Å²) in [7, 11) is 1.65. The molecule has 0 unspecified atom stereocenters. The van der Waals surface area contributed by atoms with Gasteiger partial charge in [-0.1, -0.05) is 18.2 Å². The van der Waals surface area contributed by atoms with E-state index in [1.54, 1.807) is 14.0 Å². The molecular formula is C20H24F2N3O2+. The van der Waals surface area contributed by atoms with E-state index >= 15 is 0 Å². The van der Waals surface area contributed by atoms with Crippen molar-refractivity contribution in [3.8, 4) is 5.75 Å². The molecule has 1 atom stereocenters. The number of quaternary nitrogens is 1. The molecule has 1 heterocycles. The minimum absolute atomic E-state index is 0.388. The van der Waals surface area contributed by atoms with E-state index in [2.05, 4.69) is 10.2 Å². The Morgan fingerprint density at radius 1 is 1.11 bits per heavy atom. The number of nitrogens with zero attached hydrogens (tertiary/aromatic N) is 1. The van der Waals surface area contributed by atoms with Crippen molar-refractivity contribution >= 4 is 17.3 Å². The number of para-hydroxylation sites is 3. The highest BCUT2D eigenvalue weighted by atomic mass is 19.1. The average Bonchev–Trinajstić information content (AvgIpc) is 2.70. The number of amides is 1. The number of carbonyl (C=O) groups excluding carboxylic acids is 1. The van der Waals surface area contributed by atoms with Crippen molar-refractivity contribution in [2.45, 2.75) is 13.0 Å². The van der Waals surface area contributed by atoms with Crippen LogP contribution in [-0.4, -0.2) is 45.2 Å². The monoisotopic (exact) mass is 376 g/mol. The van der Waals surface area contributed by atoms with Crippen LogP contribution in [0.1, 0.15) is 6.92 Å². The van der Waals surface area contributed by atoms with E-state index in [0.29, 0.717) is 0 Å². The molecule has 0 saturated carbocycles. The van der Waals surface area contributed by atoms with Crippen LogP contribution in [0.5, 0.6) is 5.75 Å². The fourth-order valence-corrected chi connectivity index (χ4v) is 3.39. The third kappa shape index (κ3) is 4.19. The van der Waals surface area contributed by atoms with Crippen LogP contribution >= 0.6 is 0 Å². The molecule has 1 amide bonds. The van der Waals surface area contributed by atoms with Crippen molar-refractivity contribution in [1.29, 1.82) is 0 Å². The van der Waals surface area contributed by atoms with Gasteiger partial charge in [-0.25, -0.2) is 8.78 Å². The number of carbonyl (C=O) groups is 1. The van der Waals surface area contributed by atoms with Crippen LogP contribution in [0.25, 0.3) is 0 Å². The number of anilines is 2. The van der Waals surface area contributed by atoms with Gasteiger partial charge < -0.3 is 19.9 Å². The minimum atomic E-state index is -0.772. The van der Waals surface area contributed by atoms with Crippen molar-refractivity contribution in [1.82, 2.24) is 0 Å². The van der Waals surface area contributed by atoms with E-state index in [0.717, 1.165) is 54.6 Å². The predicted octanol–water partition coefficient (Wildman–Crippen LogP) is 1.71. The van der Waals surface area contributed by atoms with Gasteiger partial charge >= 0.3 is 0 Å². The standard InChI is InChI=1S/C20H23F2N3O2/c1-14(20(26)23-19-15(21)6-5-7-16(19)22)24-10-12-25(13-11-24)17-8-3-4-9-18(17)27-2/h3-9,14H,10-13H2,1-2H3,(H,23,26)/p+1/t14-/m1/s1. The summed E-state index contributed by atoms with van der Waals surface area (Å²) in [6.07, 6.45) is 0. The molecule has 2 N–H and O–H groups in total. The summed E-state index contributed by atoms with van der Waals surface area (Å²) >= 11 is 0. The van der Waals surface area contributed by atoms with Crippen LogP contribution in [-0.2, 0) is 4.79 Å². The van der Waals surface area contributed by atoms with Crippen molar-refractivity contribution in [2.24, 2.45) is 0 Å². The van der Waals surface area contributed by atoms with Gasteiger partial charge in [-0.15, -0.1) is 0 Å². The molecule has 0 bridgehead atoms. The van der Waals surface area contributed by atoms with Gasteiger partial charge in [0.25, 0.3) is 5.91 Å². The zero-order valence-corrected chi connectivity index (χ0v) is 15.5. The van der Waals surface area contributed by atoms with Crippen molar-refractivity contribution in [3.05, 3.63) is 54.1 Å². The molecular weight excluding hydrogens is 352 g/mol. The van der Waals surface area contributed by atoms with Crippen LogP contribution in [0, 0.1) is 11.6 Å². The molecule has 7 heteroatoms. The van der Waals surface area contributed by atoms with Crippen molar-refractivity contribution in [3.63, 3.8) is 0 Å². The highest BCUT2D eigenvalue weighted by Crippen LogP contribution is 2.27. The number of halogens is 2. The van der Waals surface area contributed by atoms with Crippen LogP contribution in [0.3, 0.4) is 0 Å². The first-order valence-corrected chi connectivity index (χ1v) is 8.98. The van der Waals surface area contributed by atoms with Gasteiger partial charge in [0, 0.05) is 0 Å². The molecule has 0 spiro atoms. The summed E-state index contributed by atoms with van der Waals surface area (Å²) in [4.78, 5) is 15.8.